The second kappa shape index (κ2) is 6.49. The Morgan fingerprint density at radius 1 is 1.59 bits per heavy atom. The topological polar surface area (TPSA) is 51.2 Å². The summed E-state index contributed by atoms with van der Waals surface area (Å²) in [4.78, 5) is 15.7. The number of hydrogen-bond acceptors (Lipinski definition) is 5. The maximum Gasteiger partial charge on any atom is 0.339 e. The van der Waals surface area contributed by atoms with Crippen LogP contribution in [0.1, 0.15) is 23.0 Å². The van der Waals surface area contributed by atoms with Gasteiger partial charge in [0, 0.05) is 11.8 Å². The summed E-state index contributed by atoms with van der Waals surface area (Å²) in [5.74, 6) is 1.45. The Kier molecular flexibility index (Phi) is 5.28. The van der Waals surface area contributed by atoms with Crippen LogP contribution in [-0.2, 0) is 4.74 Å². The van der Waals surface area contributed by atoms with E-state index in [9.17, 15) is 4.79 Å². The van der Waals surface area contributed by atoms with Gasteiger partial charge in [0.15, 0.2) is 0 Å². The van der Waals surface area contributed by atoms with Gasteiger partial charge in [0.25, 0.3) is 0 Å². The summed E-state index contributed by atoms with van der Waals surface area (Å²) >= 11 is 1.78. The highest BCUT2D eigenvalue weighted by Gasteiger charge is 2.11. The Bertz CT molecular complexity index is 396. The number of pyridine rings is 1. The Hall–Kier alpha value is -1.23. The van der Waals surface area contributed by atoms with Gasteiger partial charge in [0.05, 0.1) is 18.4 Å². The van der Waals surface area contributed by atoms with Gasteiger partial charge in [-0.05, 0) is 32.2 Å². The van der Waals surface area contributed by atoms with E-state index in [2.05, 4.69) is 28.2 Å². The number of rotatable bonds is 5. The number of aryl methyl sites for hydroxylation is 1. The largest absolute Gasteiger partial charge is 0.465 e. The zero-order valence-corrected chi connectivity index (χ0v) is 11.4. The lowest BCUT2D eigenvalue weighted by Gasteiger charge is -2.14. The van der Waals surface area contributed by atoms with Crippen LogP contribution in [0.25, 0.3) is 0 Å². The van der Waals surface area contributed by atoms with Crippen LogP contribution < -0.4 is 5.32 Å². The third-order valence-corrected chi connectivity index (χ3v) is 3.14. The number of methoxy groups -OCH3 is 1. The number of nitrogens with one attached hydrogen (secondary N) is 1. The summed E-state index contributed by atoms with van der Waals surface area (Å²) in [7, 11) is 1.37. The molecule has 0 aromatic carbocycles. The van der Waals surface area contributed by atoms with Crippen molar-refractivity contribution < 1.29 is 9.53 Å². The summed E-state index contributed by atoms with van der Waals surface area (Å²) in [5, 5.41) is 3.28. The summed E-state index contributed by atoms with van der Waals surface area (Å²) in [6.45, 7) is 3.90. The fourth-order valence-corrected chi connectivity index (χ4v) is 2.09. The molecule has 0 amide bonds. The predicted octanol–water partition coefficient (Wildman–Crippen LogP) is 2.34. The van der Waals surface area contributed by atoms with Crippen LogP contribution in [0.2, 0.25) is 0 Å². The first-order valence-electron chi connectivity index (χ1n) is 5.40. The van der Waals surface area contributed by atoms with E-state index in [1.807, 2.05) is 0 Å². The molecule has 1 rings (SSSR count). The molecule has 17 heavy (non-hydrogen) atoms. The molecule has 1 atom stereocenters. The van der Waals surface area contributed by atoms with E-state index >= 15 is 0 Å². The van der Waals surface area contributed by atoms with E-state index in [4.69, 9.17) is 0 Å². The van der Waals surface area contributed by atoms with Crippen LogP contribution >= 0.6 is 11.8 Å². The van der Waals surface area contributed by atoms with Crippen molar-refractivity contribution in [1.29, 1.82) is 0 Å². The van der Waals surface area contributed by atoms with E-state index < -0.39 is 0 Å². The molecule has 0 spiro atoms. The maximum atomic E-state index is 11.4. The van der Waals surface area contributed by atoms with Gasteiger partial charge in [-0.3, -0.25) is 0 Å². The van der Waals surface area contributed by atoms with Gasteiger partial charge in [0.2, 0.25) is 0 Å². The molecule has 1 heterocycles. The van der Waals surface area contributed by atoms with Crippen molar-refractivity contribution in [2.45, 2.75) is 19.9 Å². The van der Waals surface area contributed by atoms with Gasteiger partial charge in [-0.25, -0.2) is 9.78 Å². The first kappa shape index (κ1) is 13.8. The predicted molar refractivity (Wildman–Crippen MR) is 71.8 cm³/mol. The molecule has 0 aliphatic carbocycles. The molecule has 0 saturated heterocycles. The van der Waals surface area contributed by atoms with Crippen LogP contribution in [0.5, 0.6) is 0 Å². The normalized spacial score (nSPS) is 12.0. The first-order chi connectivity index (χ1) is 8.08. The smallest absolute Gasteiger partial charge is 0.339 e. The molecular formula is C12H18N2O2S. The number of carbonyl (C=O) groups is 1. The van der Waals surface area contributed by atoms with Crippen LogP contribution in [0.4, 0.5) is 5.82 Å². The van der Waals surface area contributed by atoms with Crippen molar-refractivity contribution in [1.82, 2.24) is 4.98 Å². The minimum absolute atomic E-state index is 0.348. The van der Waals surface area contributed by atoms with Crippen LogP contribution in [-0.4, -0.2) is 36.1 Å². The number of nitrogens with zero attached hydrogens (tertiary/aromatic N) is 1. The van der Waals surface area contributed by atoms with Gasteiger partial charge >= 0.3 is 5.97 Å². The summed E-state index contributed by atoms with van der Waals surface area (Å²) in [6, 6.07) is 3.89. The fraction of sp³-hybridized carbons (Fsp3) is 0.500. The van der Waals surface area contributed by atoms with E-state index in [1.54, 1.807) is 30.8 Å². The first-order valence-corrected chi connectivity index (χ1v) is 6.79. The molecule has 4 nitrogen and oxygen atoms in total. The molecule has 1 unspecified atom stereocenters. The van der Waals surface area contributed by atoms with Crippen molar-refractivity contribution in [3.8, 4) is 0 Å². The number of aromatic nitrogens is 1. The summed E-state index contributed by atoms with van der Waals surface area (Å²) in [5.41, 5.74) is 1.19. The Morgan fingerprint density at radius 2 is 2.29 bits per heavy atom. The molecular weight excluding hydrogens is 236 g/mol. The SMILES string of the molecule is COC(=O)c1ccc(NC(C)CSC)nc1C. The second-order valence-electron chi connectivity index (χ2n) is 3.82. The number of esters is 1. The molecule has 0 aliphatic heterocycles. The van der Waals surface area contributed by atoms with E-state index in [0.29, 0.717) is 17.3 Å². The van der Waals surface area contributed by atoms with Crippen LogP contribution in [0.15, 0.2) is 12.1 Å². The van der Waals surface area contributed by atoms with Crippen molar-refractivity contribution in [3.63, 3.8) is 0 Å². The van der Waals surface area contributed by atoms with Crippen molar-refractivity contribution in [2.24, 2.45) is 0 Å². The van der Waals surface area contributed by atoms with Gasteiger partial charge in [-0.2, -0.15) is 11.8 Å². The summed E-state index contributed by atoms with van der Waals surface area (Å²) < 4.78 is 4.67. The zero-order chi connectivity index (χ0) is 12.8. The quantitative estimate of drug-likeness (QED) is 0.817. The summed E-state index contributed by atoms with van der Waals surface area (Å²) in [6.07, 6.45) is 2.07. The number of hydrogen-bond donors (Lipinski definition) is 1. The Labute approximate surface area is 106 Å². The van der Waals surface area contributed by atoms with Gasteiger partial charge < -0.3 is 10.1 Å². The van der Waals surface area contributed by atoms with E-state index in [1.165, 1.54) is 7.11 Å². The maximum absolute atomic E-state index is 11.4. The average molecular weight is 254 g/mol. The van der Waals surface area contributed by atoms with Gasteiger partial charge in [-0.1, -0.05) is 0 Å². The van der Waals surface area contributed by atoms with Crippen LogP contribution in [0, 0.1) is 6.92 Å². The third kappa shape index (κ3) is 3.93. The standard InChI is InChI=1S/C12H18N2O2S/c1-8(7-17-4)13-11-6-5-10(9(2)14-11)12(15)16-3/h5-6,8H,7H2,1-4H3,(H,13,14). The Morgan fingerprint density at radius 3 is 2.82 bits per heavy atom. The highest BCUT2D eigenvalue weighted by atomic mass is 32.2. The highest BCUT2D eigenvalue weighted by Crippen LogP contribution is 2.13. The molecule has 0 bridgehead atoms. The molecule has 94 valence electrons. The second-order valence-corrected chi connectivity index (χ2v) is 4.73. The number of carbonyl (C=O) groups excluding carboxylic acids is 1. The van der Waals surface area contributed by atoms with Crippen molar-refractivity contribution in [3.05, 3.63) is 23.4 Å². The molecule has 1 aromatic heterocycles. The van der Waals surface area contributed by atoms with Gasteiger partial charge in [0.1, 0.15) is 5.82 Å². The van der Waals surface area contributed by atoms with E-state index in [-0.39, 0.29) is 5.97 Å². The minimum atomic E-state index is -0.348. The minimum Gasteiger partial charge on any atom is -0.465 e. The molecule has 0 aliphatic rings. The zero-order valence-electron chi connectivity index (χ0n) is 10.6. The van der Waals surface area contributed by atoms with Crippen molar-refractivity contribution >= 4 is 23.5 Å². The Balaban J connectivity index is 2.78. The lowest BCUT2D eigenvalue weighted by atomic mass is 10.2. The lowest BCUT2D eigenvalue weighted by molar-refractivity contribution is 0.0599. The number of anilines is 1. The number of ether oxygens (including phenoxy) is 1. The molecule has 5 heteroatoms. The molecule has 0 saturated carbocycles. The van der Waals surface area contributed by atoms with E-state index in [0.717, 1.165) is 11.6 Å². The molecule has 0 fully saturated rings. The molecule has 1 aromatic rings. The number of thioether (sulfide) groups is 1. The van der Waals surface area contributed by atoms with Gasteiger partial charge in [-0.15, -0.1) is 0 Å². The average Bonchev–Trinajstić information content (AvgIpc) is 2.28. The molecule has 1 N–H and O–H groups in total. The fourth-order valence-electron chi connectivity index (χ4n) is 1.51. The van der Waals surface area contributed by atoms with Crippen molar-refractivity contribution in [2.75, 3.05) is 24.4 Å². The highest BCUT2D eigenvalue weighted by molar-refractivity contribution is 7.98. The third-order valence-electron chi connectivity index (χ3n) is 2.30. The van der Waals surface area contributed by atoms with Crippen LogP contribution in [0.3, 0.4) is 0 Å². The lowest BCUT2D eigenvalue weighted by Crippen LogP contribution is -2.19. The monoisotopic (exact) mass is 254 g/mol. The molecule has 0 radical (unpaired) electrons.